The molecule has 4 rings (SSSR count). The van der Waals surface area contributed by atoms with Gasteiger partial charge in [0.15, 0.2) is 5.11 Å². The largest absolute Gasteiger partial charge is 0.416 e. The number of rotatable bonds is 12. The fourth-order valence-electron chi connectivity index (χ4n) is 5.06. The van der Waals surface area contributed by atoms with Crippen molar-refractivity contribution in [3.05, 3.63) is 119 Å². The second-order valence-electron chi connectivity index (χ2n) is 11.2. The lowest BCUT2D eigenvalue weighted by atomic mass is 10.0. The zero-order valence-corrected chi connectivity index (χ0v) is 25.9. The van der Waals surface area contributed by atoms with Gasteiger partial charge in [-0.2, -0.15) is 18.4 Å². The van der Waals surface area contributed by atoms with Crippen LogP contribution in [0.1, 0.15) is 48.2 Å². The van der Waals surface area contributed by atoms with E-state index >= 15 is 0 Å². The molecule has 11 heteroatoms. The Morgan fingerprint density at radius 3 is 2.40 bits per heavy atom. The van der Waals surface area contributed by atoms with Crippen LogP contribution in [0.3, 0.4) is 0 Å². The molecule has 0 saturated heterocycles. The van der Waals surface area contributed by atoms with Gasteiger partial charge in [-0.15, -0.1) is 0 Å². The van der Waals surface area contributed by atoms with E-state index in [1.807, 2.05) is 60.9 Å². The first-order valence-corrected chi connectivity index (χ1v) is 15.0. The fourth-order valence-corrected chi connectivity index (χ4v) is 5.32. The van der Waals surface area contributed by atoms with Crippen LogP contribution in [0.4, 0.5) is 18.9 Å². The first-order chi connectivity index (χ1) is 21.5. The number of thiocarbonyl (C=S) groups is 1. The number of nitrogens with zero attached hydrogens (tertiary/aromatic N) is 4. The predicted molar refractivity (Wildman–Crippen MR) is 172 cm³/mol. The average molecular weight is 633 g/mol. The summed E-state index contributed by atoms with van der Waals surface area (Å²) in [5, 5.41) is 15.6. The Bertz CT molecular complexity index is 1610. The number of anilines is 1. The molecule has 2 N–H and O–H groups in total. The topological polar surface area (TPSA) is 86.0 Å². The van der Waals surface area contributed by atoms with Crippen molar-refractivity contribution in [1.29, 1.82) is 5.26 Å². The van der Waals surface area contributed by atoms with Crippen LogP contribution in [0.2, 0.25) is 0 Å². The molecule has 0 bridgehead atoms. The minimum absolute atomic E-state index is 0.0640. The predicted octanol–water partition coefficient (Wildman–Crippen LogP) is 6.79. The molecule has 234 valence electrons. The zero-order chi connectivity index (χ0) is 32.4. The number of carbonyl (C=O) groups excluding carboxylic acids is 1. The molecule has 0 saturated carbocycles. The molecule has 1 amide bonds. The molecule has 0 aliphatic heterocycles. The number of nitriles is 1. The number of aromatic nitrogens is 2. The number of benzene rings is 3. The molecule has 0 aliphatic carbocycles. The van der Waals surface area contributed by atoms with Gasteiger partial charge in [-0.3, -0.25) is 4.79 Å². The van der Waals surface area contributed by atoms with Gasteiger partial charge in [0.2, 0.25) is 5.91 Å². The van der Waals surface area contributed by atoms with Gasteiger partial charge in [0.1, 0.15) is 0 Å². The van der Waals surface area contributed by atoms with Gasteiger partial charge in [-0.25, -0.2) is 4.98 Å². The smallest absolute Gasteiger partial charge is 0.351 e. The van der Waals surface area contributed by atoms with E-state index < -0.39 is 17.8 Å². The molecule has 1 atom stereocenters. The highest BCUT2D eigenvalue weighted by Gasteiger charge is 2.34. The number of imidazole rings is 1. The van der Waals surface area contributed by atoms with Crippen LogP contribution >= 0.6 is 12.2 Å². The third kappa shape index (κ3) is 9.91. The number of alkyl halides is 3. The van der Waals surface area contributed by atoms with Crippen LogP contribution < -0.4 is 10.6 Å². The number of carbonyl (C=O) groups is 1. The first-order valence-electron chi connectivity index (χ1n) is 14.5. The minimum atomic E-state index is -4.52. The second-order valence-corrected chi connectivity index (χ2v) is 11.6. The van der Waals surface area contributed by atoms with Gasteiger partial charge in [0.05, 0.1) is 29.9 Å². The Morgan fingerprint density at radius 2 is 1.73 bits per heavy atom. The molecule has 1 aromatic heterocycles. The maximum absolute atomic E-state index is 13.9. The summed E-state index contributed by atoms with van der Waals surface area (Å²) < 4.78 is 43.6. The maximum Gasteiger partial charge on any atom is 0.416 e. The molecular formula is C34H35F3N6OS. The van der Waals surface area contributed by atoms with E-state index in [0.29, 0.717) is 29.9 Å². The van der Waals surface area contributed by atoms with Gasteiger partial charge < -0.3 is 20.1 Å². The zero-order valence-electron chi connectivity index (χ0n) is 25.1. The van der Waals surface area contributed by atoms with Gasteiger partial charge in [0, 0.05) is 43.3 Å². The molecular weight excluding hydrogens is 597 g/mol. The van der Waals surface area contributed by atoms with E-state index in [1.165, 1.54) is 12.1 Å². The molecule has 0 spiro atoms. The quantitative estimate of drug-likeness (QED) is 0.167. The Balaban J connectivity index is 1.52. The summed E-state index contributed by atoms with van der Waals surface area (Å²) in [5.74, 6) is -0.0445. The van der Waals surface area contributed by atoms with Crippen LogP contribution in [-0.4, -0.2) is 38.1 Å². The Labute approximate surface area is 266 Å². The second kappa shape index (κ2) is 15.3. The Kier molecular flexibility index (Phi) is 11.3. The van der Waals surface area contributed by atoms with Crippen molar-refractivity contribution in [2.24, 2.45) is 5.92 Å². The molecule has 0 radical (unpaired) electrons. The number of amides is 1. The third-order valence-corrected chi connectivity index (χ3v) is 7.49. The molecule has 7 nitrogen and oxygen atoms in total. The van der Waals surface area contributed by atoms with Crippen molar-refractivity contribution in [2.75, 3.05) is 11.9 Å². The van der Waals surface area contributed by atoms with Gasteiger partial charge in [0.25, 0.3) is 0 Å². The van der Waals surface area contributed by atoms with E-state index in [-0.39, 0.29) is 42.0 Å². The van der Waals surface area contributed by atoms with Crippen molar-refractivity contribution in [3.8, 4) is 6.07 Å². The number of para-hydroxylation sites is 1. The van der Waals surface area contributed by atoms with E-state index in [9.17, 15) is 18.0 Å². The monoisotopic (exact) mass is 632 g/mol. The van der Waals surface area contributed by atoms with Crippen molar-refractivity contribution >= 4 is 28.9 Å². The molecule has 0 unspecified atom stereocenters. The lowest BCUT2D eigenvalue weighted by molar-refractivity contribution is -0.138. The third-order valence-electron chi connectivity index (χ3n) is 7.13. The number of halogens is 3. The van der Waals surface area contributed by atoms with Crippen molar-refractivity contribution in [1.82, 2.24) is 19.8 Å². The van der Waals surface area contributed by atoms with Gasteiger partial charge in [-0.05, 0) is 66.0 Å². The first kappa shape index (κ1) is 33.2. The van der Waals surface area contributed by atoms with Crippen LogP contribution in [0, 0.1) is 17.2 Å². The van der Waals surface area contributed by atoms with Crippen molar-refractivity contribution in [3.63, 3.8) is 0 Å². The highest BCUT2D eigenvalue weighted by Crippen LogP contribution is 2.32. The van der Waals surface area contributed by atoms with Crippen LogP contribution in [0.15, 0.2) is 91.4 Å². The summed E-state index contributed by atoms with van der Waals surface area (Å²) in [4.78, 5) is 19.3. The van der Waals surface area contributed by atoms with Crippen LogP contribution in [0.5, 0.6) is 0 Å². The summed E-state index contributed by atoms with van der Waals surface area (Å²) in [6.07, 6.45) is -0.584. The maximum atomic E-state index is 13.9. The number of nitrogens with one attached hydrogen (secondary N) is 2. The van der Waals surface area contributed by atoms with Crippen molar-refractivity contribution < 1.29 is 18.0 Å². The molecule has 3 aromatic carbocycles. The summed E-state index contributed by atoms with van der Waals surface area (Å²) in [7, 11) is 0. The summed E-state index contributed by atoms with van der Waals surface area (Å²) in [5.41, 5.74) is 2.30. The Morgan fingerprint density at radius 1 is 1.04 bits per heavy atom. The van der Waals surface area contributed by atoms with E-state index in [2.05, 4.69) is 21.7 Å². The summed E-state index contributed by atoms with van der Waals surface area (Å²) in [6.45, 7) is 4.62. The molecule has 4 aromatic rings. The Hall–Kier alpha value is -4.69. The highest BCUT2D eigenvalue weighted by atomic mass is 32.1. The lowest BCUT2D eigenvalue weighted by Crippen LogP contribution is -2.47. The minimum Gasteiger partial charge on any atom is -0.351 e. The lowest BCUT2D eigenvalue weighted by Gasteiger charge is -2.32. The van der Waals surface area contributed by atoms with Crippen molar-refractivity contribution in [2.45, 2.75) is 52.0 Å². The highest BCUT2D eigenvalue weighted by molar-refractivity contribution is 7.80. The molecule has 0 aliphatic rings. The number of hydrogen-bond acceptors (Lipinski definition) is 4. The summed E-state index contributed by atoms with van der Waals surface area (Å²) in [6, 6.07) is 23.5. The standard InChI is InChI=1S/C34H35F3N6OS/c1-24(2)16-29(40-32(44)17-30-19-39-23-43(30)20-26-14-12-25(18-38)13-15-26)22-42(33(45)41-28-9-4-3-5-10-28)21-27-8-6-7-11-31(27)34(35,36)37/h3-15,19,23-24,29H,16-17,20-22H2,1-2H3,(H,40,44)(H,41,45)/t29-/m0/s1. The van der Waals surface area contributed by atoms with Crippen LogP contribution in [-0.2, 0) is 30.5 Å². The van der Waals surface area contributed by atoms with E-state index in [0.717, 1.165) is 11.6 Å². The average Bonchev–Trinajstić information content (AvgIpc) is 3.42. The van der Waals surface area contributed by atoms with Gasteiger partial charge in [-0.1, -0.05) is 62.4 Å². The molecule has 0 fully saturated rings. The SMILES string of the molecule is CC(C)C[C@@H](CN(Cc1ccccc1C(F)(F)F)C(=S)Nc1ccccc1)NC(=O)Cc1cncn1Cc1ccc(C#N)cc1. The molecule has 45 heavy (non-hydrogen) atoms. The van der Waals surface area contributed by atoms with Gasteiger partial charge >= 0.3 is 6.18 Å². The summed E-state index contributed by atoms with van der Waals surface area (Å²) >= 11 is 5.72. The van der Waals surface area contributed by atoms with Crippen LogP contribution in [0.25, 0.3) is 0 Å². The van der Waals surface area contributed by atoms with E-state index in [4.69, 9.17) is 17.5 Å². The molecule has 1 heterocycles. The fraction of sp³-hybridized carbons (Fsp3) is 0.294. The number of hydrogen-bond donors (Lipinski definition) is 2. The normalized spacial score (nSPS) is 11.9. The van der Waals surface area contributed by atoms with E-state index in [1.54, 1.807) is 35.6 Å².